The molecule has 0 radical (unpaired) electrons. The van der Waals surface area contributed by atoms with Gasteiger partial charge in [0.05, 0.1) is 17.2 Å². The molecule has 2 heterocycles. The summed E-state index contributed by atoms with van der Waals surface area (Å²) in [5, 5.41) is 6.05. The van der Waals surface area contributed by atoms with E-state index in [1.54, 1.807) is 13.8 Å². The van der Waals surface area contributed by atoms with Gasteiger partial charge in [0.1, 0.15) is 23.0 Å². The van der Waals surface area contributed by atoms with Crippen LogP contribution in [0, 0.1) is 41.5 Å². The summed E-state index contributed by atoms with van der Waals surface area (Å²) in [6, 6.07) is 9.59. The Morgan fingerprint density at radius 1 is 0.774 bits per heavy atom. The van der Waals surface area contributed by atoms with Crippen molar-refractivity contribution in [1.82, 2.24) is 10.6 Å². The SMILES string of the molecule is Cc1oc(C)c(C(=O)NC[C@@H](Cc2ccccc2)NC(=O)c2c(C)oc(C)c2C)c1C. The molecule has 6 heteroatoms. The number of hydrogen-bond acceptors (Lipinski definition) is 4. The highest BCUT2D eigenvalue weighted by Gasteiger charge is 2.23. The van der Waals surface area contributed by atoms with Crippen molar-refractivity contribution in [2.24, 2.45) is 0 Å². The van der Waals surface area contributed by atoms with Crippen molar-refractivity contribution < 1.29 is 18.4 Å². The zero-order chi connectivity index (χ0) is 22.7. The first-order chi connectivity index (χ1) is 14.7. The van der Waals surface area contributed by atoms with Gasteiger partial charge in [0.2, 0.25) is 0 Å². The van der Waals surface area contributed by atoms with E-state index in [1.165, 1.54) is 0 Å². The summed E-state index contributed by atoms with van der Waals surface area (Å²) in [5.74, 6) is 2.25. The Bertz CT molecular complexity index is 1090. The monoisotopic (exact) mass is 422 g/mol. The molecule has 0 fully saturated rings. The van der Waals surface area contributed by atoms with Crippen molar-refractivity contribution >= 4 is 11.8 Å². The van der Waals surface area contributed by atoms with Gasteiger partial charge in [0, 0.05) is 17.7 Å². The highest BCUT2D eigenvalue weighted by Crippen LogP contribution is 2.22. The largest absolute Gasteiger partial charge is 0.466 e. The molecule has 0 aliphatic rings. The molecule has 0 aliphatic carbocycles. The second-order valence-corrected chi connectivity index (χ2v) is 8.00. The van der Waals surface area contributed by atoms with E-state index in [0.717, 1.165) is 28.2 Å². The minimum absolute atomic E-state index is 0.200. The lowest BCUT2D eigenvalue weighted by Crippen LogP contribution is -2.45. The number of aryl methyl sites for hydroxylation is 4. The third kappa shape index (κ3) is 4.90. The molecular weight excluding hydrogens is 392 g/mol. The van der Waals surface area contributed by atoms with E-state index in [2.05, 4.69) is 10.6 Å². The van der Waals surface area contributed by atoms with Crippen molar-refractivity contribution in [2.75, 3.05) is 6.54 Å². The number of carbonyl (C=O) groups is 2. The molecule has 2 N–H and O–H groups in total. The average molecular weight is 423 g/mol. The summed E-state index contributed by atoms with van der Waals surface area (Å²) in [7, 11) is 0. The number of nitrogens with one attached hydrogen (secondary N) is 2. The van der Waals surface area contributed by atoms with Gasteiger partial charge >= 0.3 is 0 Å². The normalized spacial score (nSPS) is 11.9. The second kappa shape index (κ2) is 9.25. The smallest absolute Gasteiger partial charge is 0.255 e. The van der Waals surface area contributed by atoms with E-state index < -0.39 is 0 Å². The molecule has 0 spiro atoms. The van der Waals surface area contributed by atoms with Crippen LogP contribution in [0.2, 0.25) is 0 Å². The topological polar surface area (TPSA) is 84.5 Å². The zero-order valence-corrected chi connectivity index (χ0v) is 19.0. The van der Waals surface area contributed by atoms with E-state index >= 15 is 0 Å². The molecule has 0 aliphatic heterocycles. The quantitative estimate of drug-likeness (QED) is 0.587. The molecule has 0 bridgehead atoms. The molecular formula is C25H30N2O4. The molecule has 3 rings (SSSR count). The van der Waals surface area contributed by atoms with Crippen LogP contribution in [-0.4, -0.2) is 24.4 Å². The number of hydrogen-bond donors (Lipinski definition) is 2. The van der Waals surface area contributed by atoms with Gasteiger partial charge in [-0.3, -0.25) is 9.59 Å². The molecule has 1 aromatic carbocycles. The first-order valence-electron chi connectivity index (χ1n) is 10.4. The van der Waals surface area contributed by atoms with Gasteiger partial charge in [-0.1, -0.05) is 30.3 Å². The number of rotatable bonds is 7. The van der Waals surface area contributed by atoms with Crippen molar-refractivity contribution in [3.05, 3.63) is 81.2 Å². The fraction of sp³-hybridized carbons (Fsp3) is 0.360. The summed E-state index contributed by atoms with van der Waals surface area (Å²) >= 11 is 0. The maximum Gasteiger partial charge on any atom is 0.255 e. The Kier molecular flexibility index (Phi) is 6.68. The van der Waals surface area contributed by atoms with Gasteiger partial charge in [0.15, 0.2) is 0 Å². The van der Waals surface area contributed by atoms with Gasteiger partial charge in [-0.15, -0.1) is 0 Å². The predicted octanol–water partition coefficient (Wildman–Crippen LogP) is 4.49. The molecule has 6 nitrogen and oxygen atoms in total. The lowest BCUT2D eigenvalue weighted by atomic mass is 10.0. The number of carbonyl (C=O) groups excluding carboxylic acids is 2. The summed E-state index contributed by atoms with van der Waals surface area (Å²) < 4.78 is 11.2. The summed E-state index contributed by atoms with van der Waals surface area (Å²) in [5.41, 5.74) is 3.85. The van der Waals surface area contributed by atoms with Crippen LogP contribution >= 0.6 is 0 Å². The Labute approximate surface area is 183 Å². The lowest BCUT2D eigenvalue weighted by Gasteiger charge is -2.20. The minimum Gasteiger partial charge on any atom is -0.466 e. The van der Waals surface area contributed by atoms with Crippen LogP contribution in [0.4, 0.5) is 0 Å². The Morgan fingerprint density at radius 2 is 1.29 bits per heavy atom. The van der Waals surface area contributed by atoms with E-state index in [4.69, 9.17) is 8.83 Å². The van der Waals surface area contributed by atoms with Crippen LogP contribution in [0.1, 0.15) is 60.4 Å². The molecule has 2 aromatic heterocycles. The standard InChI is InChI=1S/C25H30N2O4/c1-14-16(3)30-18(5)22(14)24(28)26-13-21(12-20-10-8-7-9-11-20)27-25(29)23-15(2)17(4)31-19(23)6/h7-11,21H,12-13H2,1-6H3,(H,26,28)(H,27,29)/t21-/m1/s1. The van der Waals surface area contributed by atoms with Crippen LogP contribution < -0.4 is 10.6 Å². The summed E-state index contributed by atoms with van der Waals surface area (Å²) in [6.45, 7) is 11.3. The molecule has 31 heavy (non-hydrogen) atoms. The van der Waals surface area contributed by atoms with Gasteiger partial charge in [-0.25, -0.2) is 0 Å². The number of amides is 2. The molecule has 2 amide bonds. The van der Waals surface area contributed by atoms with E-state index in [0.29, 0.717) is 29.1 Å². The molecule has 0 saturated carbocycles. The minimum atomic E-state index is -0.290. The zero-order valence-electron chi connectivity index (χ0n) is 19.0. The second-order valence-electron chi connectivity index (χ2n) is 8.00. The maximum absolute atomic E-state index is 13.0. The highest BCUT2D eigenvalue weighted by atomic mass is 16.3. The van der Waals surface area contributed by atoms with Crippen molar-refractivity contribution in [2.45, 2.75) is 54.0 Å². The highest BCUT2D eigenvalue weighted by molar-refractivity contribution is 5.98. The fourth-order valence-corrected chi connectivity index (χ4v) is 3.89. The van der Waals surface area contributed by atoms with E-state index in [-0.39, 0.29) is 24.4 Å². The van der Waals surface area contributed by atoms with Crippen molar-refractivity contribution in [3.63, 3.8) is 0 Å². The predicted molar refractivity (Wildman–Crippen MR) is 120 cm³/mol. The number of benzene rings is 1. The third-order valence-corrected chi connectivity index (χ3v) is 5.75. The van der Waals surface area contributed by atoms with Crippen LogP contribution in [0.3, 0.4) is 0 Å². The maximum atomic E-state index is 13.0. The summed E-state index contributed by atoms with van der Waals surface area (Å²) in [6.07, 6.45) is 0.587. The molecule has 0 unspecified atom stereocenters. The lowest BCUT2D eigenvalue weighted by molar-refractivity contribution is 0.0906. The van der Waals surface area contributed by atoms with E-state index in [9.17, 15) is 9.59 Å². The van der Waals surface area contributed by atoms with Crippen molar-refractivity contribution in [1.29, 1.82) is 0 Å². The third-order valence-electron chi connectivity index (χ3n) is 5.75. The Hall–Kier alpha value is -3.28. The Morgan fingerprint density at radius 3 is 1.77 bits per heavy atom. The Balaban J connectivity index is 1.78. The average Bonchev–Trinajstić information content (AvgIpc) is 3.13. The van der Waals surface area contributed by atoms with Crippen LogP contribution in [0.5, 0.6) is 0 Å². The first-order valence-corrected chi connectivity index (χ1v) is 10.4. The van der Waals surface area contributed by atoms with Gasteiger partial charge < -0.3 is 19.5 Å². The molecule has 164 valence electrons. The van der Waals surface area contributed by atoms with Crippen LogP contribution in [0.15, 0.2) is 39.2 Å². The molecule has 3 aromatic rings. The number of furan rings is 2. The molecule has 0 saturated heterocycles. The van der Waals surface area contributed by atoms with Gasteiger partial charge in [0.25, 0.3) is 11.8 Å². The van der Waals surface area contributed by atoms with Crippen LogP contribution in [-0.2, 0) is 6.42 Å². The summed E-state index contributed by atoms with van der Waals surface area (Å²) in [4.78, 5) is 25.9. The van der Waals surface area contributed by atoms with Gasteiger partial charge in [-0.05, 0) is 53.5 Å². The fourth-order valence-electron chi connectivity index (χ4n) is 3.89. The first kappa shape index (κ1) is 22.4. The van der Waals surface area contributed by atoms with Crippen LogP contribution in [0.25, 0.3) is 0 Å². The van der Waals surface area contributed by atoms with Gasteiger partial charge in [-0.2, -0.15) is 0 Å². The molecule has 1 atom stereocenters. The van der Waals surface area contributed by atoms with E-state index in [1.807, 2.05) is 58.0 Å². The van der Waals surface area contributed by atoms with Crippen molar-refractivity contribution in [3.8, 4) is 0 Å².